The molecular formula is C18H26N2O3. The van der Waals surface area contributed by atoms with Crippen molar-refractivity contribution >= 4 is 5.91 Å². The summed E-state index contributed by atoms with van der Waals surface area (Å²) in [6.07, 6.45) is 4.07. The van der Waals surface area contributed by atoms with Gasteiger partial charge in [0.1, 0.15) is 0 Å². The van der Waals surface area contributed by atoms with Gasteiger partial charge in [-0.3, -0.25) is 9.69 Å². The van der Waals surface area contributed by atoms with Gasteiger partial charge in [-0.25, -0.2) is 0 Å². The molecule has 1 aromatic carbocycles. The number of carbonyl (C=O) groups is 1. The molecule has 2 aliphatic heterocycles. The van der Waals surface area contributed by atoms with Crippen LogP contribution in [0.5, 0.6) is 0 Å². The van der Waals surface area contributed by atoms with Gasteiger partial charge in [0.05, 0.1) is 25.8 Å². The second-order valence-corrected chi connectivity index (χ2v) is 6.23. The van der Waals surface area contributed by atoms with E-state index in [1.807, 2.05) is 18.2 Å². The second-order valence-electron chi connectivity index (χ2n) is 6.23. The Morgan fingerprint density at radius 1 is 1.17 bits per heavy atom. The van der Waals surface area contributed by atoms with Gasteiger partial charge in [0.25, 0.3) is 0 Å². The van der Waals surface area contributed by atoms with Crippen molar-refractivity contribution in [3.63, 3.8) is 0 Å². The molecular weight excluding hydrogens is 292 g/mol. The van der Waals surface area contributed by atoms with E-state index in [-0.39, 0.29) is 18.2 Å². The van der Waals surface area contributed by atoms with Crippen molar-refractivity contribution in [3.05, 3.63) is 35.9 Å². The molecule has 23 heavy (non-hydrogen) atoms. The van der Waals surface area contributed by atoms with Crippen LogP contribution in [0.1, 0.15) is 24.8 Å². The Labute approximate surface area is 137 Å². The van der Waals surface area contributed by atoms with Gasteiger partial charge < -0.3 is 14.8 Å². The molecule has 3 rings (SSSR count). The summed E-state index contributed by atoms with van der Waals surface area (Å²) in [5, 5.41) is 3.03. The molecule has 5 heteroatoms. The summed E-state index contributed by atoms with van der Waals surface area (Å²) in [4.78, 5) is 14.4. The number of rotatable bonds is 6. The number of ether oxygens (including phenoxy) is 2. The Balaban J connectivity index is 1.44. The van der Waals surface area contributed by atoms with E-state index in [1.165, 1.54) is 12.0 Å². The zero-order chi connectivity index (χ0) is 15.9. The summed E-state index contributed by atoms with van der Waals surface area (Å²) in [6.45, 7) is 3.39. The van der Waals surface area contributed by atoms with Crippen LogP contribution in [0.2, 0.25) is 0 Å². The van der Waals surface area contributed by atoms with Crippen LogP contribution in [-0.4, -0.2) is 56.0 Å². The molecule has 1 aromatic rings. The van der Waals surface area contributed by atoms with Crippen molar-refractivity contribution in [3.8, 4) is 0 Å². The van der Waals surface area contributed by atoms with Crippen molar-refractivity contribution in [2.75, 3.05) is 32.8 Å². The maximum absolute atomic E-state index is 12.2. The average molecular weight is 318 g/mol. The summed E-state index contributed by atoms with van der Waals surface area (Å²) >= 11 is 0. The van der Waals surface area contributed by atoms with Crippen LogP contribution in [0.3, 0.4) is 0 Å². The molecule has 0 spiro atoms. The molecule has 0 aliphatic carbocycles. The number of piperidine rings is 1. The highest BCUT2D eigenvalue weighted by molar-refractivity contribution is 5.78. The predicted molar refractivity (Wildman–Crippen MR) is 88.1 cm³/mol. The average Bonchev–Trinajstić information content (AvgIpc) is 3.11. The fourth-order valence-electron chi connectivity index (χ4n) is 3.35. The third-order valence-electron chi connectivity index (χ3n) is 4.55. The summed E-state index contributed by atoms with van der Waals surface area (Å²) < 4.78 is 11.3. The van der Waals surface area contributed by atoms with E-state index < -0.39 is 0 Å². The van der Waals surface area contributed by atoms with Crippen LogP contribution >= 0.6 is 0 Å². The van der Waals surface area contributed by atoms with Crippen molar-refractivity contribution in [2.45, 2.75) is 38.0 Å². The van der Waals surface area contributed by atoms with Crippen LogP contribution in [-0.2, 0) is 20.7 Å². The molecule has 5 nitrogen and oxygen atoms in total. The fourth-order valence-corrected chi connectivity index (χ4v) is 3.35. The Kier molecular flexibility index (Phi) is 6.02. The van der Waals surface area contributed by atoms with Gasteiger partial charge in [-0.2, -0.15) is 0 Å². The van der Waals surface area contributed by atoms with Crippen LogP contribution < -0.4 is 5.32 Å². The van der Waals surface area contributed by atoms with Crippen molar-refractivity contribution in [1.29, 1.82) is 0 Å². The minimum atomic E-state index is -0.160. The number of carbonyl (C=O) groups excluding carboxylic acids is 1. The Bertz CT molecular complexity index is 488. The first-order valence-electron chi connectivity index (χ1n) is 8.61. The number of benzene rings is 1. The highest BCUT2D eigenvalue weighted by Gasteiger charge is 2.34. The van der Waals surface area contributed by atoms with Gasteiger partial charge in [0, 0.05) is 6.54 Å². The first-order valence-corrected chi connectivity index (χ1v) is 8.61. The molecule has 2 saturated heterocycles. The monoisotopic (exact) mass is 318 g/mol. The molecule has 126 valence electrons. The predicted octanol–water partition coefficient (Wildman–Crippen LogP) is 1.57. The normalized spacial score (nSPS) is 23.0. The van der Waals surface area contributed by atoms with E-state index in [2.05, 4.69) is 22.3 Å². The third kappa shape index (κ3) is 4.77. The van der Waals surface area contributed by atoms with Gasteiger partial charge in [-0.15, -0.1) is 0 Å². The summed E-state index contributed by atoms with van der Waals surface area (Å²) in [5.74, 6) is 0.0887. The minimum absolute atomic E-state index is 0.0887. The topological polar surface area (TPSA) is 50.8 Å². The lowest BCUT2D eigenvalue weighted by Gasteiger charge is -2.37. The number of amides is 1. The van der Waals surface area contributed by atoms with Crippen molar-refractivity contribution in [2.24, 2.45) is 0 Å². The molecule has 0 bridgehead atoms. The quantitative estimate of drug-likeness (QED) is 0.865. The lowest BCUT2D eigenvalue weighted by Crippen LogP contribution is -2.51. The lowest BCUT2D eigenvalue weighted by molar-refractivity contribution is -0.131. The van der Waals surface area contributed by atoms with E-state index in [9.17, 15) is 4.79 Å². The highest BCUT2D eigenvalue weighted by atomic mass is 16.7. The molecule has 2 aliphatic rings. The van der Waals surface area contributed by atoms with Crippen LogP contribution in [0.25, 0.3) is 0 Å². The smallest absolute Gasteiger partial charge is 0.234 e. The Morgan fingerprint density at radius 2 is 1.96 bits per heavy atom. The summed E-state index contributed by atoms with van der Waals surface area (Å²) in [7, 11) is 0. The number of nitrogens with zero attached hydrogens (tertiary/aromatic N) is 1. The van der Waals surface area contributed by atoms with Crippen molar-refractivity contribution < 1.29 is 14.3 Å². The largest absolute Gasteiger partial charge is 0.355 e. The Morgan fingerprint density at radius 3 is 2.74 bits per heavy atom. The van der Waals surface area contributed by atoms with E-state index in [0.717, 1.165) is 25.8 Å². The molecule has 1 N–H and O–H groups in total. The van der Waals surface area contributed by atoms with E-state index in [0.29, 0.717) is 26.3 Å². The maximum atomic E-state index is 12.2. The molecule has 1 amide bonds. The molecule has 0 radical (unpaired) electrons. The number of hydrogen-bond acceptors (Lipinski definition) is 4. The SMILES string of the molecule is O=C(CN1CCCCC1C1OCCO1)NCCc1ccccc1. The van der Waals surface area contributed by atoms with E-state index in [4.69, 9.17) is 9.47 Å². The summed E-state index contributed by atoms with van der Waals surface area (Å²) in [6, 6.07) is 10.4. The summed E-state index contributed by atoms with van der Waals surface area (Å²) in [5.41, 5.74) is 1.25. The molecule has 1 atom stereocenters. The standard InChI is InChI=1S/C18H26N2O3/c21-17(19-10-9-15-6-2-1-3-7-15)14-20-11-5-4-8-16(20)18-22-12-13-23-18/h1-3,6-7,16,18H,4-5,8-14H2,(H,19,21). The van der Waals surface area contributed by atoms with E-state index >= 15 is 0 Å². The van der Waals surface area contributed by atoms with Gasteiger partial charge >= 0.3 is 0 Å². The second kappa shape index (κ2) is 8.43. The van der Waals surface area contributed by atoms with Gasteiger partial charge in [-0.05, 0) is 31.4 Å². The molecule has 0 aromatic heterocycles. The van der Waals surface area contributed by atoms with E-state index in [1.54, 1.807) is 0 Å². The third-order valence-corrected chi connectivity index (χ3v) is 4.55. The molecule has 2 fully saturated rings. The highest BCUT2D eigenvalue weighted by Crippen LogP contribution is 2.23. The Hall–Kier alpha value is -1.43. The van der Waals surface area contributed by atoms with Gasteiger partial charge in [-0.1, -0.05) is 36.8 Å². The van der Waals surface area contributed by atoms with Crippen LogP contribution in [0.4, 0.5) is 0 Å². The first kappa shape index (κ1) is 16.4. The number of hydrogen-bond donors (Lipinski definition) is 1. The minimum Gasteiger partial charge on any atom is -0.355 e. The zero-order valence-corrected chi connectivity index (χ0v) is 13.6. The van der Waals surface area contributed by atoms with Crippen LogP contribution in [0.15, 0.2) is 30.3 Å². The van der Waals surface area contributed by atoms with Gasteiger partial charge in [0.2, 0.25) is 5.91 Å². The van der Waals surface area contributed by atoms with Crippen LogP contribution in [0, 0.1) is 0 Å². The molecule has 0 saturated carbocycles. The first-order chi connectivity index (χ1) is 11.3. The zero-order valence-electron chi connectivity index (χ0n) is 13.6. The fraction of sp³-hybridized carbons (Fsp3) is 0.611. The van der Waals surface area contributed by atoms with Crippen molar-refractivity contribution in [1.82, 2.24) is 10.2 Å². The van der Waals surface area contributed by atoms with Gasteiger partial charge in [0.15, 0.2) is 6.29 Å². The maximum Gasteiger partial charge on any atom is 0.234 e. The molecule has 1 unspecified atom stereocenters. The lowest BCUT2D eigenvalue weighted by atomic mass is 10.0. The number of nitrogens with one attached hydrogen (secondary N) is 1. The number of likely N-dealkylation sites (tertiary alicyclic amines) is 1. The molecule has 2 heterocycles.